The number of rotatable bonds is 2. The molecule has 0 bridgehead atoms. The van der Waals surface area contributed by atoms with Gasteiger partial charge in [0, 0.05) is 17.5 Å². The summed E-state index contributed by atoms with van der Waals surface area (Å²) in [6.45, 7) is 0. The maximum absolute atomic E-state index is 12.9. The zero-order valence-corrected chi connectivity index (χ0v) is 12.2. The highest BCUT2D eigenvalue weighted by atomic mass is 31.1. The summed E-state index contributed by atoms with van der Waals surface area (Å²) in [5, 5.41) is 9.77. The van der Waals surface area contributed by atoms with Gasteiger partial charge < -0.3 is 5.11 Å². The second-order valence-corrected chi connectivity index (χ2v) is 7.34. The van der Waals surface area contributed by atoms with Gasteiger partial charge in [-0.1, -0.05) is 65.2 Å². The van der Waals surface area contributed by atoms with Crippen LogP contribution in [0, 0.1) is 0 Å². The summed E-state index contributed by atoms with van der Waals surface area (Å²) in [7, 11) is -1.75. The minimum absolute atomic E-state index is 0.0508. The van der Waals surface area contributed by atoms with E-state index >= 15 is 0 Å². The predicted octanol–water partition coefficient (Wildman–Crippen LogP) is 4.58. The van der Waals surface area contributed by atoms with Crippen LogP contribution in [0.25, 0.3) is 0 Å². The molecule has 3 rings (SSSR count). The van der Waals surface area contributed by atoms with Gasteiger partial charge in [-0.05, 0) is 12.8 Å². The van der Waals surface area contributed by atoms with Crippen LogP contribution in [0.2, 0.25) is 0 Å². The van der Waals surface area contributed by atoms with Crippen molar-refractivity contribution in [3.8, 4) is 0 Å². The molecule has 3 atom stereocenters. The molecule has 0 saturated carbocycles. The lowest BCUT2D eigenvalue weighted by molar-refractivity contribution is 0.104. The van der Waals surface area contributed by atoms with E-state index in [1.54, 1.807) is 0 Å². The van der Waals surface area contributed by atoms with Gasteiger partial charge in [-0.25, -0.2) is 0 Å². The summed E-state index contributed by atoms with van der Waals surface area (Å²) < 4.78 is 12.9. The fourth-order valence-electron chi connectivity index (χ4n) is 2.98. The molecule has 0 amide bonds. The van der Waals surface area contributed by atoms with Gasteiger partial charge in [0.25, 0.3) is 5.34 Å². The lowest BCUT2D eigenvalue weighted by Crippen LogP contribution is -2.26. The van der Waals surface area contributed by atoms with Gasteiger partial charge in [-0.15, -0.1) is 0 Å². The van der Waals surface area contributed by atoms with E-state index < -0.39 is 13.1 Å². The molecule has 0 radical (unpaired) electrons. The standard InChI is InChI=1S/C17H18O2P/c18-17(15-10-5-2-6-11-15)13-7-12-16(20(17)19)14-8-3-1-4-9-14/h1-6,8-11,16,18H,7,12-13H2/q+1. The fraction of sp³-hybridized carbons (Fsp3) is 0.294. The molecular weight excluding hydrogens is 267 g/mol. The molecule has 20 heavy (non-hydrogen) atoms. The molecule has 1 heterocycles. The number of benzene rings is 2. The van der Waals surface area contributed by atoms with E-state index in [0.717, 1.165) is 24.0 Å². The second kappa shape index (κ2) is 5.47. The van der Waals surface area contributed by atoms with Gasteiger partial charge >= 0.3 is 7.80 Å². The Morgan fingerprint density at radius 2 is 1.60 bits per heavy atom. The van der Waals surface area contributed by atoms with E-state index in [2.05, 4.69) is 0 Å². The molecule has 2 aromatic rings. The normalized spacial score (nSPS) is 28.2. The Labute approximate surface area is 120 Å². The van der Waals surface area contributed by atoms with Gasteiger partial charge in [0.05, 0.1) is 0 Å². The molecule has 1 fully saturated rings. The molecule has 0 aromatic heterocycles. The van der Waals surface area contributed by atoms with Crippen molar-refractivity contribution in [2.45, 2.75) is 30.3 Å². The third-order valence-corrected chi connectivity index (χ3v) is 6.40. The molecule has 2 nitrogen and oxygen atoms in total. The molecule has 102 valence electrons. The second-order valence-electron chi connectivity index (χ2n) is 5.33. The Morgan fingerprint density at radius 1 is 1.00 bits per heavy atom. The summed E-state index contributed by atoms with van der Waals surface area (Å²) in [6.07, 6.45) is 2.36. The number of aliphatic hydroxyl groups is 1. The minimum Gasteiger partial charge on any atom is -0.345 e. The SMILES string of the molecule is O=[P+]1C(c2ccccc2)CCCC1(O)c1ccccc1. The first-order valence-corrected chi connectivity index (χ1v) is 8.34. The average molecular weight is 285 g/mol. The first kappa shape index (κ1) is 13.5. The van der Waals surface area contributed by atoms with Crippen LogP contribution in [0.5, 0.6) is 0 Å². The van der Waals surface area contributed by atoms with E-state index in [-0.39, 0.29) is 5.66 Å². The highest BCUT2D eigenvalue weighted by Crippen LogP contribution is 2.62. The van der Waals surface area contributed by atoms with Gasteiger partial charge in [-0.2, -0.15) is 0 Å². The van der Waals surface area contributed by atoms with Crippen LogP contribution in [0.15, 0.2) is 60.7 Å². The fourth-order valence-corrected chi connectivity index (χ4v) is 5.14. The van der Waals surface area contributed by atoms with E-state index in [0.29, 0.717) is 6.42 Å². The van der Waals surface area contributed by atoms with Gasteiger partial charge in [0.2, 0.25) is 0 Å². The Morgan fingerprint density at radius 3 is 2.25 bits per heavy atom. The van der Waals surface area contributed by atoms with E-state index in [9.17, 15) is 9.67 Å². The Kier molecular flexibility index (Phi) is 3.69. The zero-order valence-electron chi connectivity index (χ0n) is 11.3. The molecule has 3 unspecified atom stereocenters. The summed E-state index contributed by atoms with van der Waals surface area (Å²) >= 11 is 0. The Balaban J connectivity index is 1.97. The van der Waals surface area contributed by atoms with Crippen molar-refractivity contribution in [1.29, 1.82) is 0 Å². The molecule has 1 N–H and O–H groups in total. The molecule has 1 saturated heterocycles. The summed E-state index contributed by atoms with van der Waals surface area (Å²) in [5.74, 6) is 0. The van der Waals surface area contributed by atoms with Gasteiger partial charge in [0.15, 0.2) is 5.66 Å². The molecule has 1 aliphatic heterocycles. The van der Waals surface area contributed by atoms with Crippen LogP contribution in [-0.2, 0) is 9.91 Å². The monoisotopic (exact) mass is 285 g/mol. The van der Waals surface area contributed by atoms with E-state index in [4.69, 9.17) is 0 Å². The molecule has 0 aliphatic carbocycles. The van der Waals surface area contributed by atoms with Crippen molar-refractivity contribution in [3.05, 3.63) is 71.8 Å². The maximum Gasteiger partial charge on any atom is 0.386 e. The summed E-state index contributed by atoms with van der Waals surface area (Å²) in [5.41, 5.74) is 1.80. The van der Waals surface area contributed by atoms with Crippen LogP contribution in [0.3, 0.4) is 0 Å². The minimum atomic E-state index is -1.75. The average Bonchev–Trinajstić information content (AvgIpc) is 2.52. The highest BCUT2D eigenvalue weighted by molar-refractivity contribution is 7.46. The molecule has 0 spiro atoms. The molecule has 2 aromatic carbocycles. The van der Waals surface area contributed by atoms with Crippen LogP contribution in [0.1, 0.15) is 36.0 Å². The lowest BCUT2D eigenvalue weighted by Gasteiger charge is -2.26. The topological polar surface area (TPSA) is 37.3 Å². The van der Waals surface area contributed by atoms with Crippen molar-refractivity contribution < 1.29 is 9.67 Å². The van der Waals surface area contributed by atoms with E-state index in [1.165, 1.54) is 0 Å². The third kappa shape index (κ3) is 2.30. The van der Waals surface area contributed by atoms with Crippen LogP contribution in [-0.4, -0.2) is 5.11 Å². The number of hydrogen-bond donors (Lipinski definition) is 1. The molecule has 3 heteroatoms. The third-order valence-electron chi connectivity index (χ3n) is 4.07. The summed E-state index contributed by atoms with van der Waals surface area (Å²) in [6, 6.07) is 19.4. The van der Waals surface area contributed by atoms with Gasteiger partial charge in [0.1, 0.15) is 0 Å². The van der Waals surface area contributed by atoms with Crippen LogP contribution >= 0.6 is 7.80 Å². The highest BCUT2D eigenvalue weighted by Gasteiger charge is 2.56. The Hall–Kier alpha value is -1.50. The van der Waals surface area contributed by atoms with Crippen molar-refractivity contribution >= 4 is 7.80 Å². The largest absolute Gasteiger partial charge is 0.386 e. The van der Waals surface area contributed by atoms with E-state index in [1.807, 2.05) is 60.7 Å². The zero-order chi connectivity index (χ0) is 14.0. The quantitative estimate of drug-likeness (QED) is 0.820. The van der Waals surface area contributed by atoms with Crippen LogP contribution < -0.4 is 0 Å². The first-order valence-electron chi connectivity index (χ1n) is 7.01. The molecule has 1 aliphatic rings. The maximum atomic E-state index is 12.9. The molecular formula is C17H18O2P+. The summed E-state index contributed by atoms with van der Waals surface area (Å²) in [4.78, 5) is 0. The van der Waals surface area contributed by atoms with Crippen molar-refractivity contribution in [3.63, 3.8) is 0 Å². The smallest absolute Gasteiger partial charge is 0.345 e. The first-order chi connectivity index (χ1) is 9.72. The van der Waals surface area contributed by atoms with Gasteiger partial charge in [-0.3, -0.25) is 0 Å². The van der Waals surface area contributed by atoms with Crippen molar-refractivity contribution in [2.24, 2.45) is 0 Å². The van der Waals surface area contributed by atoms with Crippen molar-refractivity contribution in [1.82, 2.24) is 0 Å². The van der Waals surface area contributed by atoms with Crippen LogP contribution in [0.4, 0.5) is 0 Å². The Bertz CT molecular complexity index is 597. The lowest BCUT2D eigenvalue weighted by atomic mass is 9.99. The number of hydrogen-bond acceptors (Lipinski definition) is 2. The predicted molar refractivity (Wildman–Crippen MR) is 81.0 cm³/mol. The van der Waals surface area contributed by atoms with Crippen molar-refractivity contribution in [2.75, 3.05) is 0 Å².